The second kappa shape index (κ2) is 6.48. The van der Waals surface area contributed by atoms with Crippen molar-refractivity contribution in [3.63, 3.8) is 0 Å². The number of thiazole rings is 1. The van der Waals surface area contributed by atoms with Gasteiger partial charge < -0.3 is 14.3 Å². The lowest BCUT2D eigenvalue weighted by Crippen LogP contribution is -2.14. The molecule has 0 unspecified atom stereocenters. The number of rotatable bonds is 5. The number of furan rings is 1. The fourth-order valence-electron chi connectivity index (χ4n) is 3.57. The van der Waals surface area contributed by atoms with Crippen molar-refractivity contribution < 1.29 is 4.42 Å². The van der Waals surface area contributed by atoms with Crippen LogP contribution >= 0.6 is 11.3 Å². The smallest absolute Gasteiger partial charge is 0.183 e. The van der Waals surface area contributed by atoms with Gasteiger partial charge in [0, 0.05) is 28.4 Å². The van der Waals surface area contributed by atoms with Gasteiger partial charge in [-0.15, -0.1) is 11.3 Å². The predicted octanol–water partition coefficient (Wildman–Crippen LogP) is 5.22. The largest absolute Gasteiger partial charge is 0.467 e. The maximum atomic E-state index is 5.50. The summed E-state index contributed by atoms with van der Waals surface area (Å²) in [6.45, 7) is 5.07. The molecule has 3 heterocycles. The predicted molar refractivity (Wildman–Crippen MR) is 98.7 cm³/mol. The summed E-state index contributed by atoms with van der Waals surface area (Å²) >= 11 is 1.71. The minimum atomic E-state index is 0.607. The first-order valence-electron chi connectivity index (χ1n) is 8.62. The van der Waals surface area contributed by atoms with E-state index in [1.807, 2.05) is 12.1 Å². The summed E-state index contributed by atoms with van der Waals surface area (Å²) in [5, 5.41) is 6.81. The lowest BCUT2D eigenvalue weighted by atomic mass is 10.2. The molecule has 126 valence electrons. The molecule has 24 heavy (non-hydrogen) atoms. The van der Waals surface area contributed by atoms with Gasteiger partial charge in [-0.25, -0.2) is 4.98 Å². The zero-order valence-corrected chi connectivity index (χ0v) is 15.0. The van der Waals surface area contributed by atoms with Gasteiger partial charge in [-0.2, -0.15) is 0 Å². The average Bonchev–Trinajstić information content (AvgIpc) is 3.33. The Morgan fingerprint density at radius 3 is 2.92 bits per heavy atom. The van der Waals surface area contributed by atoms with E-state index < -0.39 is 0 Å². The zero-order chi connectivity index (χ0) is 16.5. The molecule has 0 bridgehead atoms. The van der Waals surface area contributed by atoms with Crippen molar-refractivity contribution in [1.29, 1.82) is 0 Å². The van der Waals surface area contributed by atoms with E-state index in [1.165, 1.54) is 42.6 Å². The molecule has 3 aromatic heterocycles. The first-order chi connectivity index (χ1) is 11.7. The van der Waals surface area contributed by atoms with Crippen LogP contribution in [0.15, 0.2) is 34.3 Å². The van der Waals surface area contributed by atoms with E-state index in [1.54, 1.807) is 17.6 Å². The first kappa shape index (κ1) is 15.5. The van der Waals surface area contributed by atoms with Gasteiger partial charge in [0.2, 0.25) is 0 Å². The Morgan fingerprint density at radius 2 is 2.17 bits per heavy atom. The zero-order valence-electron chi connectivity index (χ0n) is 14.2. The normalized spacial score (nSPS) is 15.2. The summed E-state index contributed by atoms with van der Waals surface area (Å²) in [6, 6.07) is 6.79. The number of hydrogen-bond acceptors (Lipinski definition) is 4. The van der Waals surface area contributed by atoms with E-state index in [0.29, 0.717) is 6.04 Å². The second-order valence-electron chi connectivity index (χ2n) is 6.61. The summed E-state index contributed by atoms with van der Waals surface area (Å²) in [5.74, 6) is 0.977. The highest BCUT2D eigenvalue weighted by molar-refractivity contribution is 7.14. The van der Waals surface area contributed by atoms with Gasteiger partial charge in [0.05, 0.1) is 18.5 Å². The quantitative estimate of drug-likeness (QED) is 0.691. The topological polar surface area (TPSA) is 43.0 Å². The van der Waals surface area contributed by atoms with Crippen molar-refractivity contribution >= 4 is 16.5 Å². The third kappa shape index (κ3) is 3.00. The van der Waals surface area contributed by atoms with Gasteiger partial charge in [-0.3, -0.25) is 0 Å². The number of aromatic nitrogens is 2. The van der Waals surface area contributed by atoms with Gasteiger partial charge in [-0.1, -0.05) is 12.8 Å². The Morgan fingerprint density at radius 1 is 1.33 bits per heavy atom. The molecule has 0 saturated heterocycles. The molecule has 0 aromatic carbocycles. The second-order valence-corrected chi connectivity index (χ2v) is 7.47. The van der Waals surface area contributed by atoms with E-state index in [9.17, 15) is 0 Å². The standard InChI is InChI=1S/C19H23N3OS/c1-13-10-17(14(2)22(13)11-16-8-5-9-23-16)18-12-24-19(21-18)20-15-6-3-4-7-15/h5,8-10,12,15H,3-4,6-7,11H2,1-2H3,(H,20,21). The Balaban J connectivity index is 1.56. The fraction of sp³-hybridized carbons (Fsp3) is 0.421. The molecule has 5 heteroatoms. The SMILES string of the molecule is Cc1cc(-c2csc(NC3CCCC3)n2)c(C)n1Cc1ccco1. The van der Waals surface area contributed by atoms with Crippen molar-refractivity contribution in [2.45, 2.75) is 52.1 Å². The minimum Gasteiger partial charge on any atom is -0.467 e. The molecule has 0 radical (unpaired) electrons. The van der Waals surface area contributed by atoms with Crippen LogP contribution in [-0.2, 0) is 6.54 Å². The van der Waals surface area contributed by atoms with Crippen LogP contribution in [0.3, 0.4) is 0 Å². The van der Waals surface area contributed by atoms with Crippen LogP contribution in [0.5, 0.6) is 0 Å². The van der Waals surface area contributed by atoms with Crippen molar-refractivity contribution in [3.8, 4) is 11.3 Å². The monoisotopic (exact) mass is 341 g/mol. The molecule has 4 rings (SSSR count). The highest BCUT2D eigenvalue weighted by Crippen LogP contribution is 2.31. The van der Waals surface area contributed by atoms with Crippen LogP contribution in [0.4, 0.5) is 5.13 Å². The van der Waals surface area contributed by atoms with Crippen molar-refractivity contribution in [3.05, 3.63) is 47.0 Å². The highest BCUT2D eigenvalue weighted by atomic mass is 32.1. The highest BCUT2D eigenvalue weighted by Gasteiger charge is 2.18. The van der Waals surface area contributed by atoms with E-state index in [4.69, 9.17) is 9.40 Å². The summed E-state index contributed by atoms with van der Waals surface area (Å²) in [6.07, 6.45) is 6.94. The molecule has 1 fully saturated rings. The van der Waals surface area contributed by atoms with E-state index in [2.05, 4.69) is 35.2 Å². The van der Waals surface area contributed by atoms with Gasteiger partial charge in [0.15, 0.2) is 5.13 Å². The molecule has 1 N–H and O–H groups in total. The van der Waals surface area contributed by atoms with Crippen LogP contribution in [0.1, 0.15) is 42.8 Å². The lowest BCUT2D eigenvalue weighted by Gasteiger charge is -2.09. The van der Waals surface area contributed by atoms with Crippen LogP contribution in [0.2, 0.25) is 0 Å². The van der Waals surface area contributed by atoms with Crippen molar-refractivity contribution in [2.24, 2.45) is 0 Å². The Hall–Kier alpha value is -2.01. The number of nitrogens with one attached hydrogen (secondary N) is 1. The third-order valence-corrected chi connectivity index (χ3v) is 5.70. The van der Waals surface area contributed by atoms with Crippen LogP contribution < -0.4 is 5.32 Å². The van der Waals surface area contributed by atoms with Crippen LogP contribution in [0, 0.1) is 13.8 Å². The summed E-state index contributed by atoms with van der Waals surface area (Å²) in [4.78, 5) is 4.83. The minimum absolute atomic E-state index is 0.607. The molecule has 0 atom stereocenters. The molecule has 4 nitrogen and oxygen atoms in total. The molecule has 3 aromatic rings. The number of nitrogens with zero attached hydrogens (tertiary/aromatic N) is 2. The maximum Gasteiger partial charge on any atom is 0.183 e. The van der Waals surface area contributed by atoms with Gasteiger partial charge in [-0.05, 0) is 44.9 Å². The Kier molecular flexibility index (Phi) is 4.19. The first-order valence-corrected chi connectivity index (χ1v) is 9.50. The molecule has 0 amide bonds. The number of anilines is 1. The summed E-state index contributed by atoms with van der Waals surface area (Å²) in [5.41, 5.74) is 4.76. The van der Waals surface area contributed by atoms with E-state index in [-0.39, 0.29) is 0 Å². The molecular formula is C19H23N3OS. The summed E-state index contributed by atoms with van der Waals surface area (Å²) in [7, 11) is 0. The van der Waals surface area contributed by atoms with Crippen molar-refractivity contribution in [2.75, 3.05) is 5.32 Å². The van der Waals surface area contributed by atoms with E-state index in [0.717, 1.165) is 23.1 Å². The summed E-state index contributed by atoms with van der Waals surface area (Å²) < 4.78 is 7.79. The Labute approximate surface area is 146 Å². The third-order valence-electron chi connectivity index (χ3n) is 4.93. The molecule has 0 aliphatic heterocycles. The molecule has 0 spiro atoms. The lowest BCUT2D eigenvalue weighted by molar-refractivity contribution is 0.489. The number of aryl methyl sites for hydroxylation is 1. The van der Waals surface area contributed by atoms with Crippen molar-refractivity contribution in [1.82, 2.24) is 9.55 Å². The fourth-order valence-corrected chi connectivity index (χ4v) is 4.36. The maximum absolute atomic E-state index is 5.50. The van der Waals surface area contributed by atoms with Crippen LogP contribution in [-0.4, -0.2) is 15.6 Å². The van der Waals surface area contributed by atoms with Crippen LogP contribution in [0.25, 0.3) is 11.3 Å². The van der Waals surface area contributed by atoms with Gasteiger partial charge in [0.25, 0.3) is 0 Å². The molecule has 1 aliphatic rings. The molecule has 1 saturated carbocycles. The Bertz CT molecular complexity index is 810. The van der Waals surface area contributed by atoms with E-state index >= 15 is 0 Å². The number of hydrogen-bond donors (Lipinski definition) is 1. The van der Waals surface area contributed by atoms with Gasteiger partial charge >= 0.3 is 0 Å². The van der Waals surface area contributed by atoms with Gasteiger partial charge in [0.1, 0.15) is 5.76 Å². The average molecular weight is 341 g/mol. The molecular weight excluding hydrogens is 318 g/mol. The molecule has 1 aliphatic carbocycles.